The van der Waals surface area contributed by atoms with E-state index in [9.17, 15) is 8.42 Å². The summed E-state index contributed by atoms with van der Waals surface area (Å²) in [5, 5.41) is 8.62. The number of aliphatic hydroxyl groups is 1. The highest BCUT2D eigenvalue weighted by molar-refractivity contribution is 7.89. The molecule has 1 aromatic rings. The van der Waals surface area contributed by atoms with E-state index in [2.05, 4.69) is 0 Å². The van der Waals surface area contributed by atoms with Crippen molar-refractivity contribution in [3.8, 4) is 5.75 Å². The van der Waals surface area contributed by atoms with Gasteiger partial charge in [0.2, 0.25) is 10.0 Å². The lowest BCUT2D eigenvalue weighted by Gasteiger charge is -2.16. The molecule has 18 heavy (non-hydrogen) atoms. The molecule has 0 aliphatic rings. The SMILES string of the molecule is CCCN(C)S(=O)(=O)c1ccc(OCCO)cc1. The largest absolute Gasteiger partial charge is 0.491 e. The molecule has 0 spiro atoms. The molecule has 0 heterocycles. The fraction of sp³-hybridized carbons (Fsp3) is 0.500. The van der Waals surface area contributed by atoms with E-state index in [-0.39, 0.29) is 18.1 Å². The summed E-state index contributed by atoms with van der Waals surface area (Å²) in [4.78, 5) is 0.245. The minimum absolute atomic E-state index is 0.0702. The molecule has 6 heteroatoms. The predicted molar refractivity (Wildman–Crippen MR) is 69.1 cm³/mol. The first kappa shape index (κ1) is 14.9. The lowest BCUT2D eigenvalue weighted by molar-refractivity contribution is 0.201. The van der Waals surface area contributed by atoms with E-state index in [1.807, 2.05) is 6.92 Å². The molecule has 0 fully saturated rings. The topological polar surface area (TPSA) is 66.8 Å². The molecule has 1 rings (SSSR count). The number of rotatable bonds is 7. The van der Waals surface area contributed by atoms with Crippen molar-refractivity contribution in [2.75, 3.05) is 26.8 Å². The van der Waals surface area contributed by atoms with E-state index in [0.29, 0.717) is 12.3 Å². The summed E-state index contributed by atoms with van der Waals surface area (Å²) in [6.45, 7) is 2.55. The van der Waals surface area contributed by atoms with Crippen LogP contribution in [-0.2, 0) is 10.0 Å². The first-order chi connectivity index (χ1) is 8.52. The van der Waals surface area contributed by atoms with Gasteiger partial charge in [-0.2, -0.15) is 0 Å². The molecular formula is C12H19NO4S. The van der Waals surface area contributed by atoms with Crippen molar-refractivity contribution in [2.24, 2.45) is 0 Å². The minimum atomic E-state index is -3.41. The minimum Gasteiger partial charge on any atom is -0.491 e. The smallest absolute Gasteiger partial charge is 0.242 e. The Morgan fingerprint density at radius 3 is 2.39 bits per heavy atom. The standard InChI is InChI=1S/C12H19NO4S/c1-3-8-13(2)18(15,16)12-6-4-11(5-7-12)17-10-9-14/h4-7,14H,3,8-10H2,1-2H3. The molecule has 0 aliphatic heterocycles. The summed E-state index contributed by atoms with van der Waals surface area (Å²) >= 11 is 0. The molecule has 0 saturated heterocycles. The van der Waals surface area contributed by atoms with Crippen LogP contribution < -0.4 is 4.74 Å². The maximum atomic E-state index is 12.1. The van der Waals surface area contributed by atoms with Crippen molar-refractivity contribution in [3.63, 3.8) is 0 Å². The van der Waals surface area contributed by atoms with Gasteiger partial charge < -0.3 is 9.84 Å². The van der Waals surface area contributed by atoms with Gasteiger partial charge in [-0.15, -0.1) is 0 Å². The molecule has 0 radical (unpaired) electrons. The second-order valence-corrected chi connectivity index (χ2v) is 5.91. The van der Waals surface area contributed by atoms with Crippen LogP contribution in [0.25, 0.3) is 0 Å². The van der Waals surface area contributed by atoms with Crippen molar-refractivity contribution in [2.45, 2.75) is 18.2 Å². The summed E-state index contributed by atoms with van der Waals surface area (Å²) in [6.07, 6.45) is 0.771. The quantitative estimate of drug-likeness (QED) is 0.807. The van der Waals surface area contributed by atoms with Gasteiger partial charge in [0.25, 0.3) is 0 Å². The maximum Gasteiger partial charge on any atom is 0.242 e. The molecule has 0 unspecified atom stereocenters. The van der Waals surface area contributed by atoms with E-state index in [0.717, 1.165) is 6.42 Å². The number of ether oxygens (including phenoxy) is 1. The molecule has 0 amide bonds. The van der Waals surface area contributed by atoms with E-state index in [1.165, 1.54) is 16.4 Å². The molecule has 5 nitrogen and oxygen atoms in total. The van der Waals surface area contributed by atoms with Crippen molar-refractivity contribution in [3.05, 3.63) is 24.3 Å². The van der Waals surface area contributed by atoms with Gasteiger partial charge in [0, 0.05) is 13.6 Å². The van der Waals surface area contributed by atoms with E-state index >= 15 is 0 Å². The summed E-state index contributed by atoms with van der Waals surface area (Å²) in [6, 6.07) is 6.19. The van der Waals surface area contributed by atoms with Crippen LogP contribution in [0.4, 0.5) is 0 Å². The van der Waals surface area contributed by atoms with E-state index in [4.69, 9.17) is 9.84 Å². The second-order valence-electron chi connectivity index (χ2n) is 3.87. The van der Waals surface area contributed by atoms with Crippen LogP contribution in [-0.4, -0.2) is 44.6 Å². The van der Waals surface area contributed by atoms with Crippen LogP contribution in [0.2, 0.25) is 0 Å². The van der Waals surface area contributed by atoms with Crippen LogP contribution in [0, 0.1) is 0 Å². The molecule has 0 aromatic heterocycles. The average Bonchev–Trinajstić information content (AvgIpc) is 2.37. The molecular weight excluding hydrogens is 254 g/mol. The molecule has 0 aliphatic carbocycles. The van der Waals surface area contributed by atoms with Gasteiger partial charge in [-0.3, -0.25) is 0 Å². The fourth-order valence-electron chi connectivity index (χ4n) is 1.49. The Morgan fingerprint density at radius 2 is 1.89 bits per heavy atom. The zero-order valence-electron chi connectivity index (χ0n) is 10.7. The summed E-state index contributed by atoms with van der Waals surface area (Å²) in [5.41, 5.74) is 0. The summed E-state index contributed by atoms with van der Waals surface area (Å²) in [7, 11) is -1.85. The van der Waals surface area contributed by atoms with Gasteiger partial charge in [-0.05, 0) is 30.7 Å². The Morgan fingerprint density at radius 1 is 1.28 bits per heavy atom. The number of hydrogen-bond donors (Lipinski definition) is 1. The van der Waals surface area contributed by atoms with Gasteiger partial charge in [-0.1, -0.05) is 6.92 Å². The fourth-order valence-corrected chi connectivity index (χ4v) is 2.75. The van der Waals surface area contributed by atoms with Gasteiger partial charge in [0.1, 0.15) is 12.4 Å². The van der Waals surface area contributed by atoms with Gasteiger partial charge >= 0.3 is 0 Å². The lowest BCUT2D eigenvalue weighted by Crippen LogP contribution is -2.27. The highest BCUT2D eigenvalue weighted by Gasteiger charge is 2.19. The first-order valence-electron chi connectivity index (χ1n) is 5.82. The second kappa shape index (κ2) is 6.72. The van der Waals surface area contributed by atoms with E-state index in [1.54, 1.807) is 19.2 Å². The predicted octanol–water partition coefficient (Wildman–Crippen LogP) is 1.09. The zero-order chi connectivity index (χ0) is 13.6. The monoisotopic (exact) mass is 273 g/mol. The zero-order valence-corrected chi connectivity index (χ0v) is 11.5. The summed E-state index contributed by atoms with van der Waals surface area (Å²) < 4.78 is 30.7. The third-order valence-corrected chi connectivity index (χ3v) is 4.30. The Kier molecular flexibility index (Phi) is 5.58. The number of sulfonamides is 1. The number of aliphatic hydroxyl groups excluding tert-OH is 1. The molecule has 0 bridgehead atoms. The Bertz CT molecular complexity index is 455. The van der Waals surface area contributed by atoms with Crippen LogP contribution in [0.5, 0.6) is 5.75 Å². The first-order valence-corrected chi connectivity index (χ1v) is 7.26. The van der Waals surface area contributed by atoms with Crippen molar-refractivity contribution < 1.29 is 18.3 Å². The average molecular weight is 273 g/mol. The van der Waals surface area contributed by atoms with Crippen LogP contribution >= 0.6 is 0 Å². The molecule has 1 N–H and O–H groups in total. The molecule has 102 valence electrons. The number of benzene rings is 1. The third kappa shape index (κ3) is 3.69. The molecule has 0 atom stereocenters. The number of nitrogens with zero attached hydrogens (tertiary/aromatic N) is 1. The van der Waals surface area contributed by atoms with Gasteiger partial charge in [0.15, 0.2) is 0 Å². The normalized spacial score (nSPS) is 11.8. The Balaban J connectivity index is 2.84. The van der Waals surface area contributed by atoms with Crippen LogP contribution in [0.1, 0.15) is 13.3 Å². The van der Waals surface area contributed by atoms with Crippen molar-refractivity contribution >= 4 is 10.0 Å². The Labute approximate surface area is 108 Å². The van der Waals surface area contributed by atoms with Crippen LogP contribution in [0.15, 0.2) is 29.2 Å². The molecule has 1 aromatic carbocycles. The Hall–Kier alpha value is -1.11. The third-order valence-electron chi connectivity index (χ3n) is 2.43. The van der Waals surface area contributed by atoms with Gasteiger partial charge in [-0.25, -0.2) is 12.7 Å². The van der Waals surface area contributed by atoms with E-state index < -0.39 is 10.0 Å². The highest BCUT2D eigenvalue weighted by Crippen LogP contribution is 2.18. The molecule has 0 saturated carbocycles. The van der Waals surface area contributed by atoms with Crippen molar-refractivity contribution in [1.82, 2.24) is 4.31 Å². The van der Waals surface area contributed by atoms with Crippen molar-refractivity contribution in [1.29, 1.82) is 0 Å². The highest BCUT2D eigenvalue weighted by atomic mass is 32.2. The maximum absolute atomic E-state index is 12.1. The van der Waals surface area contributed by atoms with Gasteiger partial charge in [0.05, 0.1) is 11.5 Å². The summed E-state index contributed by atoms with van der Waals surface area (Å²) in [5.74, 6) is 0.543. The van der Waals surface area contributed by atoms with Crippen LogP contribution in [0.3, 0.4) is 0 Å². The number of hydrogen-bond acceptors (Lipinski definition) is 4. The lowest BCUT2D eigenvalue weighted by atomic mass is 10.3.